The SMILES string of the molecule is CCN1C[C@@H](C)[C@H](NS(=O)(=O)N(C)C2CCOCC2)C1. The fourth-order valence-corrected chi connectivity index (χ4v) is 4.46. The molecule has 2 fully saturated rings. The maximum atomic E-state index is 12.5. The Morgan fingerprint density at radius 2 is 1.95 bits per heavy atom. The second kappa shape index (κ2) is 6.70. The van der Waals surface area contributed by atoms with E-state index in [-0.39, 0.29) is 12.1 Å². The molecule has 7 heteroatoms. The summed E-state index contributed by atoms with van der Waals surface area (Å²) in [6.45, 7) is 8.25. The molecule has 2 saturated heterocycles. The Hall–Kier alpha value is -0.210. The van der Waals surface area contributed by atoms with Gasteiger partial charge in [0.25, 0.3) is 10.2 Å². The molecule has 0 amide bonds. The molecule has 6 nitrogen and oxygen atoms in total. The van der Waals surface area contributed by atoms with Gasteiger partial charge in [-0.1, -0.05) is 13.8 Å². The van der Waals surface area contributed by atoms with Crippen molar-refractivity contribution < 1.29 is 13.2 Å². The van der Waals surface area contributed by atoms with E-state index in [9.17, 15) is 8.42 Å². The van der Waals surface area contributed by atoms with E-state index in [1.165, 1.54) is 4.31 Å². The Balaban J connectivity index is 1.96. The summed E-state index contributed by atoms with van der Waals surface area (Å²) in [6.07, 6.45) is 1.55. The third-order valence-electron chi connectivity index (χ3n) is 4.52. The summed E-state index contributed by atoms with van der Waals surface area (Å²) in [7, 11) is -1.73. The standard InChI is InChI=1S/C13H27N3O3S/c1-4-16-9-11(2)13(10-16)14-20(17,18)15(3)12-5-7-19-8-6-12/h11-14H,4-10H2,1-3H3/t11-,13-/m1/s1. The molecule has 0 radical (unpaired) electrons. The number of likely N-dealkylation sites (N-methyl/N-ethyl adjacent to an activating group) is 1. The molecule has 2 atom stereocenters. The maximum Gasteiger partial charge on any atom is 0.279 e. The average molecular weight is 305 g/mol. The Morgan fingerprint density at radius 1 is 1.30 bits per heavy atom. The minimum Gasteiger partial charge on any atom is -0.381 e. The van der Waals surface area contributed by atoms with Crippen LogP contribution in [0.5, 0.6) is 0 Å². The van der Waals surface area contributed by atoms with Crippen LogP contribution in [0.25, 0.3) is 0 Å². The van der Waals surface area contributed by atoms with E-state index >= 15 is 0 Å². The van der Waals surface area contributed by atoms with Gasteiger partial charge in [0.2, 0.25) is 0 Å². The van der Waals surface area contributed by atoms with Crippen molar-refractivity contribution in [1.29, 1.82) is 0 Å². The van der Waals surface area contributed by atoms with E-state index in [0.717, 1.165) is 32.5 Å². The molecule has 118 valence electrons. The first kappa shape index (κ1) is 16.2. The fourth-order valence-electron chi connectivity index (χ4n) is 3.00. The van der Waals surface area contributed by atoms with Gasteiger partial charge in [0.1, 0.15) is 0 Å². The lowest BCUT2D eigenvalue weighted by Gasteiger charge is -2.31. The van der Waals surface area contributed by atoms with E-state index in [4.69, 9.17) is 4.74 Å². The lowest BCUT2D eigenvalue weighted by Crippen LogP contribution is -2.50. The zero-order valence-corrected chi connectivity index (χ0v) is 13.5. The Morgan fingerprint density at radius 3 is 2.50 bits per heavy atom. The van der Waals surface area contributed by atoms with Crippen LogP contribution in [0, 0.1) is 5.92 Å². The van der Waals surface area contributed by atoms with Crippen molar-refractivity contribution in [3.63, 3.8) is 0 Å². The van der Waals surface area contributed by atoms with Crippen molar-refractivity contribution >= 4 is 10.2 Å². The van der Waals surface area contributed by atoms with Crippen molar-refractivity contribution in [3.05, 3.63) is 0 Å². The molecule has 2 heterocycles. The highest BCUT2D eigenvalue weighted by Gasteiger charge is 2.35. The van der Waals surface area contributed by atoms with Gasteiger partial charge in [0.05, 0.1) is 0 Å². The fraction of sp³-hybridized carbons (Fsp3) is 1.00. The van der Waals surface area contributed by atoms with Crippen molar-refractivity contribution in [2.45, 2.75) is 38.8 Å². The van der Waals surface area contributed by atoms with Crippen molar-refractivity contribution in [1.82, 2.24) is 13.9 Å². The topological polar surface area (TPSA) is 61.9 Å². The third kappa shape index (κ3) is 3.71. The van der Waals surface area contributed by atoms with Crippen LogP contribution in [-0.4, -0.2) is 69.6 Å². The lowest BCUT2D eigenvalue weighted by atomic mass is 10.1. The second-order valence-electron chi connectivity index (χ2n) is 5.92. The van der Waals surface area contributed by atoms with E-state index in [0.29, 0.717) is 19.1 Å². The van der Waals surface area contributed by atoms with Crippen LogP contribution in [0.2, 0.25) is 0 Å². The van der Waals surface area contributed by atoms with Gasteiger partial charge in [-0.15, -0.1) is 0 Å². The minimum absolute atomic E-state index is 0.0160. The van der Waals surface area contributed by atoms with E-state index in [1.807, 2.05) is 0 Å². The molecule has 20 heavy (non-hydrogen) atoms. The zero-order valence-electron chi connectivity index (χ0n) is 12.7. The molecule has 0 aromatic carbocycles. The van der Waals surface area contributed by atoms with Crippen LogP contribution < -0.4 is 4.72 Å². The van der Waals surface area contributed by atoms with Crippen LogP contribution in [0.15, 0.2) is 0 Å². The van der Waals surface area contributed by atoms with E-state index in [2.05, 4.69) is 23.5 Å². The molecule has 2 aliphatic rings. The molecule has 0 bridgehead atoms. The number of rotatable bonds is 5. The van der Waals surface area contributed by atoms with Gasteiger partial charge in [-0.3, -0.25) is 0 Å². The normalized spacial score (nSPS) is 30.2. The number of hydrogen-bond acceptors (Lipinski definition) is 4. The van der Waals surface area contributed by atoms with Gasteiger partial charge in [0.15, 0.2) is 0 Å². The summed E-state index contributed by atoms with van der Waals surface area (Å²) in [5, 5.41) is 0. The molecule has 0 unspecified atom stereocenters. The van der Waals surface area contributed by atoms with Crippen LogP contribution in [-0.2, 0) is 14.9 Å². The summed E-state index contributed by atoms with van der Waals surface area (Å²) in [5.74, 6) is 0.354. The summed E-state index contributed by atoms with van der Waals surface area (Å²) >= 11 is 0. The molecule has 0 aromatic rings. The van der Waals surface area contributed by atoms with Gasteiger partial charge in [-0.05, 0) is 25.3 Å². The molecular formula is C13H27N3O3S. The largest absolute Gasteiger partial charge is 0.381 e. The van der Waals surface area contributed by atoms with E-state index in [1.54, 1.807) is 7.05 Å². The predicted octanol–water partition coefficient (Wildman–Crippen LogP) is 0.272. The number of hydrogen-bond donors (Lipinski definition) is 1. The number of ether oxygens (including phenoxy) is 1. The Kier molecular flexibility index (Phi) is 5.42. The van der Waals surface area contributed by atoms with Gasteiger partial charge in [-0.25, -0.2) is 0 Å². The highest BCUT2D eigenvalue weighted by molar-refractivity contribution is 7.87. The summed E-state index contributed by atoms with van der Waals surface area (Å²) in [4.78, 5) is 2.28. The molecule has 0 aliphatic carbocycles. The zero-order chi connectivity index (χ0) is 14.8. The number of likely N-dealkylation sites (tertiary alicyclic amines) is 1. The van der Waals surface area contributed by atoms with Crippen LogP contribution in [0.4, 0.5) is 0 Å². The van der Waals surface area contributed by atoms with Gasteiger partial charge in [0, 0.05) is 45.4 Å². The van der Waals surface area contributed by atoms with Crippen LogP contribution in [0.3, 0.4) is 0 Å². The van der Waals surface area contributed by atoms with Crippen molar-refractivity contribution in [2.75, 3.05) is 39.9 Å². The maximum absolute atomic E-state index is 12.5. The Labute approximate surface area is 122 Å². The van der Waals surface area contributed by atoms with Gasteiger partial charge >= 0.3 is 0 Å². The summed E-state index contributed by atoms with van der Waals surface area (Å²) in [5.41, 5.74) is 0. The number of nitrogens with one attached hydrogen (secondary N) is 1. The monoisotopic (exact) mass is 305 g/mol. The third-order valence-corrected chi connectivity index (χ3v) is 6.18. The highest BCUT2D eigenvalue weighted by Crippen LogP contribution is 2.20. The summed E-state index contributed by atoms with van der Waals surface area (Å²) in [6, 6.07) is 0.0717. The highest BCUT2D eigenvalue weighted by atomic mass is 32.2. The molecule has 2 rings (SSSR count). The molecule has 0 aromatic heterocycles. The van der Waals surface area contributed by atoms with Crippen LogP contribution in [0.1, 0.15) is 26.7 Å². The smallest absolute Gasteiger partial charge is 0.279 e. The van der Waals surface area contributed by atoms with Crippen molar-refractivity contribution in [2.24, 2.45) is 5.92 Å². The quantitative estimate of drug-likeness (QED) is 0.792. The van der Waals surface area contributed by atoms with E-state index < -0.39 is 10.2 Å². The molecule has 2 aliphatic heterocycles. The molecule has 0 spiro atoms. The Bertz CT molecular complexity index is 409. The van der Waals surface area contributed by atoms with Gasteiger partial charge in [-0.2, -0.15) is 17.4 Å². The van der Waals surface area contributed by atoms with Gasteiger partial charge < -0.3 is 9.64 Å². The first-order valence-electron chi connectivity index (χ1n) is 7.49. The molecule has 0 saturated carbocycles. The van der Waals surface area contributed by atoms with Crippen LogP contribution >= 0.6 is 0 Å². The first-order chi connectivity index (χ1) is 9.44. The number of nitrogens with zero attached hydrogens (tertiary/aromatic N) is 2. The summed E-state index contributed by atoms with van der Waals surface area (Å²) < 4.78 is 34.6. The predicted molar refractivity (Wildman–Crippen MR) is 78.7 cm³/mol. The molecule has 1 N–H and O–H groups in total. The van der Waals surface area contributed by atoms with Crippen molar-refractivity contribution in [3.8, 4) is 0 Å². The second-order valence-corrected chi connectivity index (χ2v) is 7.68. The average Bonchev–Trinajstić information content (AvgIpc) is 2.79. The first-order valence-corrected chi connectivity index (χ1v) is 8.93. The molecular weight excluding hydrogens is 278 g/mol. The lowest BCUT2D eigenvalue weighted by molar-refractivity contribution is 0.0628. The minimum atomic E-state index is -3.41.